The number of piperazine rings is 1. The molecule has 5 nitrogen and oxygen atoms in total. The molecular formula is C28H33ClN4OS. The zero-order chi connectivity index (χ0) is 24.0. The molecule has 1 aromatic heterocycles. The molecule has 2 aliphatic rings. The molecule has 0 saturated carbocycles. The van der Waals surface area contributed by atoms with Gasteiger partial charge in [0, 0.05) is 66.8 Å². The van der Waals surface area contributed by atoms with E-state index in [9.17, 15) is 4.79 Å². The Morgan fingerprint density at radius 2 is 1.77 bits per heavy atom. The molecular weight excluding hydrogens is 476 g/mol. The van der Waals surface area contributed by atoms with Gasteiger partial charge in [-0.1, -0.05) is 41.9 Å². The molecule has 1 amide bonds. The first-order valence-corrected chi connectivity index (χ1v) is 14.0. The minimum Gasteiger partial charge on any atom is -0.354 e. The minimum atomic E-state index is 0.0919. The SMILES string of the molecule is O=C(CSc1c2c(nc3ccc(Cl)cc13)CCCC2)NCCN1CCN(Cc2ccccc2)CC1. The van der Waals surface area contributed by atoms with Gasteiger partial charge in [0.05, 0.1) is 11.3 Å². The highest BCUT2D eigenvalue weighted by atomic mass is 35.5. The number of benzene rings is 2. The number of rotatable bonds is 8. The van der Waals surface area contributed by atoms with Crippen LogP contribution in [0, 0.1) is 0 Å². The van der Waals surface area contributed by atoms with Gasteiger partial charge >= 0.3 is 0 Å². The van der Waals surface area contributed by atoms with Crippen LogP contribution in [0.15, 0.2) is 53.4 Å². The fraction of sp³-hybridized carbons (Fsp3) is 0.429. The average molecular weight is 509 g/mol. The highest BCUT2D eigenvalue weighted by Gasteiger charge is 2.20. The molecule has 0 atom stereocenters. The number of aromatic nitrogens is 1. The van der Waals surface area contributed by atoms with Crippen molar-refractivity contribution in [3.05, 3.63) is 70.4 Å². The number of nitrogens with one attached hydrogen (secondary N) is 1. The predicted molar refractivity (Wildman–Crippen MR) is 145 cm³/mol. The smallest absolute Gasteiger partial charge is 0.230 e. The highest BCUT2D eigenvalue weighted by Crippen LogP contribution is 2.37. The summed E-state index contributed by atoms with van der Waals surface area (Å²) in [5.41, 5.74) is 4.86. The Morgan fingerprint density at radius 1 is 1.00 bits per heavy atom. The molecule has 1 N–H and O–H groups in total. The number of hydrogen-bond acceptors (Lipinski definition) is 5. The van der Waals surface area contributed by atoms with E-state index in [4.69, 9.17) is 16.6 Å². The van der Waals surface area contributed by atoms with Gasteiger partial charge in [0.25, 0.3) is 0 Å². The number of carbonyl (C=O) groups is 1. The molecule has 0 radical (unpaired) electrons. The zero-order valence-electron chi connectivity index (χ0n) is 20.1. The van der Waals surface area contributed by atoms with E-state index in [1.165, 1.54) is 34.6 Å². The van der Waals surface area contributed by atoms with E-state index in [0.29, 0.717) is 17.3 Å². The Hall–Kier alpha value is -2.12. The maximum atomic E-state index is 12.7. The monoisotopic (exact) mass is 508 g/mol. The Balaban J connectivity index is 1.10. The number of aryl methyl sites for hydroxylation is 1. The van der Waals surface area contributed by atoms with E-state index in [1.54, 1.807) is 11.8 Å². The van der Waals surface area contributed by atoms with Crippen molar-refractivity contribution in [2.75, 3.05) is 45.0 Å². The molecule has 184 valence electrons. The summed E-state index contributed by atoms with van der Waals surface area (Å²) in [6.45, 7) is 6.85. The van der Waals surface area contributed by atoms with Gasteiger partial charge in [0.2, 0.25) is 5.91 Å². The van der Waals surface area contributed by atoms with Crippen molar-refractivity contribution >= 4 is 40.2 Å². The van der Waals surface area contributed by atoms with Gasteiger partial charge in [-0.05, 0) is 55.0 Å². The van der Waals surface area contributed by atoms with E-state index in [-0.39, 0.29) is 5.91 Å². The van der Waals surface area contributed by atoms with Gasteiger partial charge < -0.3 is 5.32 Å². The normalized spacial score (nSPS) is 16.8. The average Bonchev–Trinajstić information content (AvgIpc) is 2.88. The number of amides is 1. The standard InChI is InChI=1S/C28H33ClN4OS/c29-22-10-11-26-24(18-22)28(23-8-4-5-9-25(23)31-26)35-20-27(34)30-12-13-32-14-16-33(17-15-32)19-21-6-2-1-3-7-21/h1-3,6-7,10-11,18H,4-5,8-9,12-17,19-20H2,(H,30,34). The Bertz CT molecular complexity index is 1160. The molecule has 35 heavy (non-hydrogen) atoms. The van der Waals surface area contributed by atoms with Crippen molar-refractivity contribution in [3.63, 3.8) is 0 Å². The summed E-state index contributed by atoms with van der Waals surface area (Å²) in [4.78, 5) is 23.7. The number of fused-ring (bicyclic) bond motifs is 2. The minimum absolute atomic E-state index is 0.0919. The van der Waals surface area contributed by atoms with Crippen LogP contribution in [0.2, 0.25) is 5.02 Å². The van der Waals surface area contributed by atoms with Crippen LogP contribution in [-0.2, 0) is 24.2 Å². The third kappa shape index (κ3) is 6.36. The summed E-state index contributed by atoms with van der Waals surface area (Å²) >= 11 is 7.94. The van der Waals surface area contributed by atoms with E-state index >= 15 is 0 Å². The molecule has 0 spiro atoms. The first kappa shape index (κ1) is 24.6. The van der Waals surface area contributed by atoms with Crippen LogP contribution >= 0.6 is 23.4 Å². The van der Waals surface area contributed by atoms with Crippen LogP contribution in [0.25, 0.3) is 10.9 Å². The molecule has 1 fully saturated rings. The molecule has 1 aliphatic carbocycles. The molecule has 0 bridgehead atoms. The lowest BCUT2D eigenvalue weighted by molar-refractivity contribution is -0.118. The van der Waals surface area contributed by atoms with Gasteiger partial charge in [-0.15, -0.1) is 11.8 Å². The van der Waals surface area contributed by atoms with Crippen molar-refractivity contribution in [1.29, 1.82) is 0 Å². The van der Waals surface area contributed by atoms with Gasteiger partial charge in [0.15, 0.2) is 0 Å². The fourth-order valence-electron chi connectivity index (χ4n) is 5.07. The zero-order valence-corrected chi connectivity index (χ0v) is 21.7. The molecule has 3 aromatic rings. The van der Waals surface area contributed by atoms with Crippen LogP contribution < -0.4 is 5.32 Å². The van der Waals surface area contributed by atoms with Crippen molar-refractivity contribution in [3.8, 4) is 0 Å². The molecule has 2 aromatic carbocycles. The number of nitrogens with zero attached hydrogens (tertiary/aromatic N) is 3. The quantitative estimate of drug-likeness (QED) is 0.443. The molecule has 5 rings (SSSR count). The Labute approximate surface area is 217 Å². The third-order valence-corrected chi connectivity index (χ3v) is 8.38. The van der Waals surface area contributed by atoms with Crippen LogP contribution in [-0.4, -0.2) is 65.7 Å². The molecule has 1 saturated heterocycles. The fourth-order valence-corrected chi connectivity index (χ4v) is 6.34. The van der Waals surface area contributed by atoms with Crippen LogP contribution in [0.4, 0.5) is 0 Å². The molecule has 0 unspecified atom stereocenters. The lowest BCUT2D eigenvalue weighted by Crippen LogP contribution is -2.48. The van der Waals surface area contributed by atoms with Crippen LogP contribution in [0.1, 0.15) is 29.7 Å². The summed E-state index contributed by atoms with van der Waals surface area (Å²) in [6, 6.07) is 16.6. The van der Waals surface area contributed by atoms with Crippen LogP contribution in [0.5, 0.6) is 0 Å². The number of pyridine rings is 1. The maximum Gasteiger partial charge on any atom is 0.230 e. The van der Waals surface area contributed by atoms with Gasteiger partial charge in [0.1, 0.15) is 0 Å². The third-order valence-electron chi connectivity index (χ3n) is 6.98. The van der Waals surface area contributed by atoms with Crippen molar-refractivity contribution in [2.24, 2.45) is 0 Å². The molecule has 7 heteroatoms. The van der Waals surface area contributed by atoms with Crippen LogP contribution in [0.3, 0.4) is 0 Å². The lowest BCUT2D eigenvalue weighted by atomic mass is 9.94. The van der Waals surface area contributed by atoms with Crippen molar-refractivity contribution in [1.82, 2.24) is 20.1 Å². The van der Waals surface area contributed by atoms with E-state index in [0.717, 1.165) is 63.0 Å². The van der Waals surface area contributed by atoms with Gasteiger partial charge in [-0.2, -0.15) is 0 Å². The molecule has 2 heterocycles. The lowest BCUT2D eigenvalue weighted by Gasteiger charge is -2.34. The summed E-state index contributed by atoms with van der Waals surface area (Å²) in [5, 5.41) is 4.92. The number of thioether (sulfide) groups is 1. The number of halogens is 1. The summed E-state index contributed by atoms with van der Waals surface area (Å²) in [5.74, 6) is 0.511. The van der Waals surface area contributed by atoms with Gasteiger partial charge in [-0.25, -0.2) is 0 Å². The number of hydrogen-bond donors (Lipinski definition) is 1. The van der Waals surface area contributed by atoms with E-state index < -0.39 is 0 Å². The summed E-state index contributed by atoms with van der Waals surface area (Å²) < 4.78 is 0. The Morgan fingerprint density at radius 3 is 2.60 bits per heavy atom. The second-order valence-electron chi connectivity index (χ2n) is 9.48. The van der Waals surface area contributed by atoms with E-state index in [1.807, 2.05) is 18.2 Å². The van der Waals surface area contributed by atoms with Crippen molar-refractivity contribution in [2.45, 2.75) is 37.1 Å². The largest absolute Gasteiger partial charge is 0.354 e. The summed E-state index contributed by atoms with van der Waals surface area (Å²) in [7, 11) is 0. The van der Waals surface area contributed by atoms with Gasteiger partial charge in [-0.3, -0.25) is 19.6 Å². The Kier molecular flexibility index (Phi) is 8.24. The number of carbonyl (C=O) groups excluding carboxylic acids is 1. The first-order chi connectivity index (χ1) is 17.2. The molecule has 1 aliphatic heterocycles. The maximum absolute atomic E-state index is 12.7. The second kappa shape index (κ2) is 11.7. The predicted octanol–water partition coefficient (Wildman–Crippen LogP) is 4.79. The first-order valence-electron chi connectivity index (χ1n) is 12.6. The topological polar surface area (TPSA) is 48.5 Å². The highest BCUT2D eigenvalue weighted by molar-refractivity contribution is 8.00. The van der Waals surface area contributed by atoms with E-state index in [2.05, 4.69) is 45.4 Å². The van der Waals surface area contributed by atoms with Crippen molar-refractivity contribution < 1.29 is 4.79 Å². The summed E-state index contributed by atoms with van der Waals surface area (Å²) in [6.07, 6.45) is 4.42. The second-order valence-corrected chi connectivity index (χ2v) is 10.9.